The van der Waals surface area contributed by atoms with Gasteiger partial charge in [-0.25, -0.2) is 4.98 Å². The fourth-order valence-corrected chi connectivity index (χ4v) is 6.52. The quantitative estimate of drug-likeness (QED) is 0.314. The Morgan fingerprint density at radius 3 is 2.15 bits per heavy atom. The fraction of sp³-hybridized carbons (Fsp3) is 0.400. The van der Waals surface area contributed by atoms with Gasteiger partial charge in [0.05, 0.1) is 11.0 Å². The number of imidazole rings is 1. The average Bonchev–Trinajstić information content (AvgIpc) is 3.12. The van der Waals surface area contributed by atoms with Crippen molar-refractivity contribution in [1.29, 1.82) is 0 Å². The van der Waals surface area contributed by atoms with Crippen LogP contribution in [0.1, 0.15) is 63.0 Å². The van der Waals surface area contributed by atoms with Crippen LogP contribution in [-0.4, -0.2) is 32.5 Å². The summed E-state index contributed by atoms with van der Waals surface area (Å²) in [5.41, 5.74) is 5.22. The fourth-order valence-electron chi connectivity index (χ4n) is 6.52. The molecule has 0 atom stereocenters. The molecule has 0 bridgehead atoms. The zero-order chi connectivity index (χ0) is 22.8. The Kier molecular flexibility index (Phi) is 5.92. The van der Waals surface area contributed by atoms with Crippen molar-refractivity contribution in [1.82, 2.24) is 19.4 Å². The maximum Gasteiger partial charge on any atom is 0.141 e. The molecule has 1 saturated carbocycles. The molecule has 34 heavy (non-hydrogen) atoms. The van der Waals surface area contributed by atoms with Gasteiger partial charge in [-0.05, 0) is 55.5 Å². The van der Waals surface area contributed by atoms with E-state index >= 15 is 0 Å². The van der Waals surface area contributed by atoms with Gasteiger partial charge in [-0.2, -0.15) is 0 Å². The van der Waals surface area contributed by atoms with E-state index in [4.69, 9.17) is 4.98 Å². The lowest BCUT2D eigenvalue weighted by molar-refractivity contribution is 0.0361. The van der Waals surface area contributed by atoms with Crippen molar-refractivity contribution in [2.45, 2.75) is 62.9 Å². The Morgan fingerprint density at radius 2 is 1.41 bits per heavy atom. The van der Waals surface area contributed by atoms with Gasteiger partial charge in [-0.3, -0.25) is 9.88 Å². The molecule has 0 N–H and O–H groups in total. The highest BCUT2D eigenvalue weighted by Gasteiger charge is 2.40. The zero-order valence-corrected chi connectivity index (χ0v) is 19.9. The number of hydrogen-bond donors (Lipinski definition) is 0. The molecule has 0 spiro atoms. The van der Waals surface area contributed by atoms with Crippen LogP contribution < -0.4 is 0 Å². The highest BCUT2D eigenvalue weighted by Crippen LogP contribution is 2.44. The lowest BCUT2D eigenvalue weighted by Gasteiger charge is -2.48. The number of likely N-dealkylation sites (tertiary alicyclic amines) is 1. The summed E-state index contributed by atoms with van der Waals surface area (Å²) in [4.78, 5) is 12.1. The molecular weight excluding hydrogens is 416 g/mol. The third-order valence-electron chi connectivity index (χ3n) is 8.21. The number of piperidine rings is 1. The summed E-state index contributed by atoms with van der Waals surface area (Å²) in [6, 6.07) is 24.6. The number of aromatic nitrogens is 3. The van der Waals surface area contributed by atoms with Crippen LogP contribution in [0.4, 0.5) is 0 Å². The first-order chi connectivity index (χ1) is 16.9. The summed E-state index contributed by atoms with van der Waals surface area (Å²) in [6.45, 7) is 2.28. The van der Waals surface area contributed by atoms with Gasteiger partial charge in [0.1, 0.15) is 5.82 Å². The summed E-state index contributed by atoms with van der Waals surface area (Å²) >= 11 is 0. The molecule has 4 heteroatoms. The van der Waals surface area contributed by atoms with E-state index in [9.17, 15) is 0 Å². The third kappa shape index (κ3) is 3.84. The number of nitrogens with zero attached hydrogens (tertiary/aromatic N) is 4. The number of fused-ring (bicyclic) bond motifs is 1. The van der Waals surface area contributed by atoms with Crippen LogP contribution in [-0.2, 0) is 5.54 Å². The Hall–Kier alpha value is -2.98. The molecule has 2 aromatic heterocycles. The second-order valence-electron chi connectivity index (χ2n) is 10.1. The van der Waals surface area contributed by atoms with E-state index in [1.807, 2.05) is 12.4 Å². The van der Waals surface area contributed by atoms with Crippen molar-refractivity contribution in [3.63, 3.8) is 0 Å². The van der Waals surface area contributed by atoms with E-state index in [1.54, 1.807) is 0 Å². The molecule has 1 aliphatic carbocycles. The molecule has 174 valence electrons. The minimum absolute atomic E-state index is 0.202. The molecular formula is C30H34N4. The Balaban J connectivity index is 1.32. The van der Waals surface area contributed by atoms with Gasteiger partial charge in [0.25, 0.3) is 0 Å². The molecule has 1 aliphatic heterocycles. The van der Waals surface area contributed by atoms with Crippen LogP contribution >= 0.6 is 0 Å². The third-order valence-corrected chi connectivity index (χ3v) is 8.21. The van der Waals surface area contributed by atoms with Crippen molar-refractivity contribution in [2.75, 3.05) is 13.1 Å². The summed E-state index contributed by atoms with van der Waals surface area (Å²) < 4.78 is 2.52. The van der Waals surface area contributed by atoms with E-state index in [1.165, 1.54) is 49.6 Å². The van der Waals surface area contributed by atoms with E-state index in [-0.39, 0.29) is 5.54 Å². The van der Waals surface area contributed by atoms with Crippen molar-refractivity contribution in [3.8, 4) is 11.4 Å². The lowest BCUT2D eigenvalue weighted by atomic mass is 9.79. The highest BCUT2D eigenvalue weighted by molar-refractivity contribution is 5.80. The average molecular weight is 451 g/mol. The van der Waals surface area contributed by atoms with E-state index in [0.29, 0.717) is 6.04 Å². The molecule has 0 radical (unpaired) electrons. The number of pyridine rings is 1. The summed E-state index contributed by atoms with van der Waals surface area (Å²) in [5, 5.41) is 0. The molecule has 0 amide bonds. The second kappa shape index (κ2) is 9.34. The zero-order valence-electron chi connectivity index (χ0n) is 19.9. The number of rotatable bonds is 4. The van der Waals surface area contributed by atoms with Crippen LogP contribution in [0, 0.1) is 0 Å². The predicted octanol–water partition coefficient (Wildman–Crippen LogP) is 6.98. The van der Waals surface area contributed by atoms with Crippen molar-refractivity contribution < 1.29 is 0 Å². The second-order valence-corrected chi connectivity index (χ2v) is 10.1. The minimum atomic E-state index is 0.202. The number of para-hydroxylation sites is 2. The standard InChI is InChI=1S/C30H34N4/c1-2-9-19-30(18-8-1,25-10-4-3-5-11-25)33-22-16-26(17-23-33)34-28-13-7-6-12-27(28)32-29(34)24-14-20-31-21-15-24/h3-7,10-15,20-21,26H,1-2,8-9,16-19,22-23H2. The smallest absolute Gasteiger partial charge is 0.141 e. The first kappa shape index (κ1) is 21.5. The minimum Gasteiger partial charge on any atom is -0.321 e. The van der Waals surface area contributed by atoms with Crippen LogP contribution in [0.3, 0.4) is 0 Å². The Morgan fingerprint density at radius 1 is 0.735 bits per heavy atom. The maximum absolute atomic E-state index is 5.06. The first-order valence-electron chi connectivity index (χ1n) is 13.0. The van der Waals surface area contributed by atoms with E-state index in [2.05, 4.69) is 81.2 Å². The maximum atomic E-state index is 5.06. The van der Waals surface area contributed by atoms with Crippen molar-refractivity contribution >= 4 is 11.0 Å². The van der Waals surface area contributed by atoms with Gasteiger partial charge in [-0.15, -0.1) is 0 Å². The van der Waals surface area contributed by atoms with E-state index < -0.39 is 0 Å². The molecule has 4 nitrogen and oxygen atoms in total. The Labute approximate surface area is 202 Å². The van der Waals surface area contributed by atoms with Gasteiger partial charge >= 0.3 is 0 Å². The van der Waals surface area contributed by atoms with Crippen LogP contribution in [0.2, 0.25) is 0 Å². The van der Waals surface area contributed by atoms with Crippen LogP contribution in [0.15, 0.2) is 79.1 Å². The van der Waals surface area contributed by atoms with Gasteiger partial charge in [0.15, 0.2) is 0 Å². The van der Waals surface area contributed by atoms with Crippen molar-refractivity contribution in [3.05, 3.63) is 84.7 Å². The van der Waals surface area contributed by atoms with Gasteiger partial charge in [-0.1, -0.05) is 68.1 Å². The SMILES string of the molecule is c1ccc(C2(N3CCC(n4c(-c5ccncc5)nc5ccccc54)CC3)CCCCCC2)cc1. The topological polar surface area (TPSA) is 34.0 Å². The summed E-state index contributed by atoms with van der Waals surface area (Å²) in [5.74, 6) is 1.08. The predicted molar refractivity (Wildman–Crippen MR) is 139 cm³/mol. The van der Waals surface area contributed by atoms with Crippen molar-refractivity contribution in [2.24, 2.45) is 0 Å². The van der Waals surface area contributed by atoms with Crippen LogP contribution in [0.25, 0.3) is 22.4 Å². The largest absolute Gasteiger partial charge is 0.321 e. The summed E-state index contributed by atoms with van der Waals surface area (Å²) in [6.07, 6.45) is 14.1. The monoisotopic (exact) mass is 450 g/mol. The normalized spacial score (nSPS) is 19.8. The molecule has 0 unspecified atom stereocenters. The van der Waals surface area contributed by atoms with Gasteiger partial charge < -0.3 is 4.57 Å². The number of benzene rings is 2. The van der Waals surface area contributed by atoms with Gasteiger partial charge in [0, 0.05) is 42.6 Å². The molecule has 2 aliphatic rings. The highest BCUT2D eigenvalue weighted by atomic mass is 15.2. The molecule has 1 saturated heterocycles. The lowest BCUT2D eigenvalue weighted by Crippen LogP contribution is -2.50. The molecule has 6 rings (SSSR count). The molecule has 3 heterocycles. The van der Waals surface area contributed by atoms with E-state index in [0.717, 1.165) is 42.8 Å². The van der Waals surface area contributed by atoms with Gasteiger partial charge in [0.2, 0.25) is 0 Å². The molecule has 2 fully saturated rings. The summed E-state index contributed by atoms with van der Waals surface area (Å²) in [7, 11) is 0. The Bertz CT molecular complexity index is 1210. The molecule has 4 aromatic rings. The molecule has 2 aromatic carbocycles. The first-order valence-corrected chi connectivity index (χ1v) is 13.0. The number of hydrogen-bond acceptors (Lipinski definition) is 3. The van der Waals surface area contributed by atoms with Crippen LogP contribution in [0.5, 0.6) is 0 Å².